The van der Waals surface area contributed by atoms with Crippen LogP contribution in [0, 0.1) is 6.92 Å². The van der Waals surface area contributed by atoms with E-state index in [1.165, 1.54) is 16.8 Å². The van der Waals surface area contributed by atoms with E-state index in [0.717, 1.165) is 26.2 Å². The zero-order chi connectivity index (χ0) is 13.1. The summed E-state index contributed by atoms with van der Waals surface area (Å²) in [6, 6.07) is 7.39. The van der Waals surface area contributed by atoms with Crippen LogP contribution in [0.15, 0.2) is 18.2 Å². The monoisotopic (exact) mass is 247 g/mol. The van der Waals surface area contributed by atoms with Gasteiger partial charge in [-0.2, -0.15) is 0 Å². The molecule has 2 rings (SSSR count). The second kappa shape index (κ2) is 5.72. The van der Waals surface area contributed by atoms with Crippen molar-refractivity contribution in [2.24, 2.45) is 0 Å². The number of piperazine rings is 1. The van der Waals surface area contributed by atoms with E-state index in [1.807, 2.05) is 7.05 Å². The average molecular weight is 247 g/mol. The maximum absolute atomic E-state index is 3.28. The Labute approximate surface area is 111 Å². The van der Waals surface area contributed by atoms with Crippen LogP contribution >= 0.6 is 0 Å². The maximum atomic E-state index is 3.28. The van der Waals surface area contributed by atoms with E-state index in [0.29, 0.717) is 6.04 Å². The highest BCUT2D eigenvalue weighted by Gasteiger charge is 2.23. The number of likely N-dealkylation sites (N-methyl/N-ethyl adjacent to an activating group) is 1. The highest BCUT2D eigenvalue weighted by atomic mass is 15.3. The number of nitrogens with one attached hydrogen (secondary N) is 1. The van der Waals surface area contributed by atoms with Crippen molar-refractivity contribution in [2.45, 2.75) is 26.4 Å². The number of rotatable bonds is 3. The topological polar surface area (TPSA) is 18.5 Å². The van der Waals surface area contributed by atoms with Gasteiger partial charge in [0.15, 0.2) is 0 Å². The lowest BCUT2D eigenvalue weighted by atomic mass is 10.1. The summed E-state index contributed by atoms with van der Waals surface area (Å²) in [5.41, 5.74) is 4.15. The fourth-order valence-electron chi connectivity index (χ4n) is 2.82. The van der Waals surface area contributed by atoms with Crippen LogP contribution in [0.4, 0.5) is 5.69 Å². The molecule has 0 aromatic heterocycles. The quantitative estimate of drug-likeness (QED) is 0.879. The molecule has 1 aromatic carbocycles. The molecule has 1 saturated heterocycles. The molecular formula is C15H25N3. The molecule has 0 aliphatic carbocycles. The lowest BCUT2D eigenvalue weighted by Gasteiger charge is -2.40. The van der Waals surface area contributed by atoms with Gasteiger partial charge in [-0.3, -0.25) is 0 Å². The Balaban J connectivity index is 2.26. The third-order valence-electron chi connectivity index (χ3n) is 3.74. The van der Waals surface area contributed by atoms with Crippen molar-refractivity contribution in [2.75, 3.05) is 38.6 Å². The van der Waals surface area contributed by atoms with E-state index in [2.05, 4.69) is 54.2 Å². The summed E-state index contributed by atoms with van der Waals surface area (Å²) < 4.78 is 0. The normalized spacial score (nSPS) is 21.3. The molecule has 0 spiro atoms. The molecule has 1 fully saturated rings. The molecule has 1 N–H and O–H groups in total. The summed E-state index contributed by atoms with van der Waals surface area (Å²) >= 11 is 0. The number of nitrogens with zero attached hydrogens (tertiary/aromatic N) is 2. The summed E-state index contributed by atoms with van der Waals surface area (Å²) in [7, 11) is 4.22. The summed E-state index contributed by atoms with van der Waals surface area (Å²) in [4.78, 5) is 4.96. The van der Waals surface area contributed by atoms with E-state index in [4.69, 9.17) is 0 Å². The molecule has 100 valence electrons. The van der Waals surface area contributed by atoms with E-state index in [-0.39, 0.29) is 0 Å². The first-order chi connectivity index (χ1) is 8.61. The molecule has 1 heterocycles. The van der Waals surface area contributed by atoms with Crippen LogP contribution in [-0.4, -0.2) is 44.7 Å². The standard InChI is InChI=1S/C15H25N3/c1-12-5-6-15(14(9-12)10-16-3)18-8-7-17(4)11-13(18)2/h5-6,9,13,16H,7-8,10-11H2,1-4H3. The molecule has 0 saturated carbocycles. The molecule has 0 bridgehead atoms. The van der Waals surface area contributed by atoms with Gasteiger partial charge in [-0.1, -0.05) is 17.7 Å². The number of benzene rings is 1. The minimum atomic E-state index is 0.585. The number of aryl methyl sites for hydroxylation is 1. The van der Waals surface area contributed by atoms with Gasteiger partial charge in [0, 0.05) is 37.9 Å². The summed E-state index contributed by atoms with van der Waals surface area (Å²) in [6.07, 6.45) is 0. The highest BCUT2D eigenvalue weighted by molar-refractivity contribution is 5.56. The van der Waals surface area contributed by atoms with Crippen molar-refractivity contribution in [1.29, 1.82) is 0 Å². The molecule has 1 aromatic rings. The molecule has 1 aliphatic rings. The van der Waals surface area contributed by atoms with E-state index in [1.54, 1.807) is 0 Å². The number of anilines is 1. The maximum Gasteiger partial charge on any atom is 0.0415 e. The van der Waals surface area contributed by atoms with Gasteiger partial charge in [-0.15, -0.1) is 0 Å². The van der Waals surface area contributed by atoms with Crippen molar-refractivity contribution in [3.63, 3.8) is 0 Å². The second-order valence-electron chi connectivity index (χ2n) is 5.47. The molecule has 0 radical (unpaired) electrons. The van der Waals surface area contributed by atoms with Crippen LogP contribution in [0.2, 0.25) is 0 Å². The molecule has 1 unspecified atom stereocenters. The Kier molecular flexibility index (Phi) is 4.25. The first-order valence-electron chi connectivity index (χ1n) is 6.81. The molecule has 18 heavy (non-hydrogen) atoms. The van der Waals surface area contributed by atoms with Crippen LogP contribution < -0.4 is 10.2 Å². The fraction of sp³-hybridized carbons (Fsp3) is 0.600. The highest BCUT2D eigenvalue weighted by Crippen LogP contribution is 2.25. The van der Waals surface area contributed by atoms with Gasteiger partial charge in [0.25, 0.3) is 0 Å². The first kappa shape index (κ1) is 13.4. The number of hydrogen-bond acceptors (Lipinski definition) is 3. The molecule has 3 nitrogen and oxygen atoms in total. The Hall–Kier alpha value is -1.06. The minimum absolute atomic E-state index is 0.585. The summed E-state index contributed by atoms with van der Waals surface area (Å²) in [6.45, 7) is 8.84. The average Bonchev–Trinajstić information content (AvgIpc) is 2.31. The van der Waals surface area contributed by atoms with Gasteiger partial charge in [0.1, 0.15) is 0 Å². The van der Waals surface area contributed by atoms with Crippen molar-refractivity contribution >= 4 is 5.69 Å². The van der Waals surface area contributed by atoms with Gasteiger partial charge < -0.3 is 15.1 Å². The SMILES string of the molecule is CNCc1cc(C)ccc1N1CCN(C)CC1C. The summed E-state index contributed by atoms with van der Waals surface area (Å²) in [5, 5.41) is 3.28. The predicted octanol–water partition coefficient (Wildman–Crippen LogP) is 1.85. The third-order valence-corrected chi connectivity index (χ3v) is 3.74. The lowest BCUT2D eigenvalue weighted by molar-refractivity contribution is 0.275. The van der Waals surface area contributed by atoms with Crippen LogP contribution in [0.5, 0.6) is 0 Å². The largest absolute Gasteiger partial charge is 0.366 e. The van der Waals surface area contributed by atoms with Gasteiger partial charge in [-0.25, -0.2) is 0 Å². The molecule has 1 aliphatic heterocycles. The number of hydrogen-bond donors (Lipinski definition) is 1. The van der Waals surface area contributed by atoms with Crippen LogP contribution in [-0.2, 0) is 6.54 Å². The molecule has 3 heteroatoms. The van der Waals surface area contributed by atoms with Crippen LogP contribution in [0.3, 0.4) is 0 Å². The van der Waals surface area contributed by atoms with Gasteiger partial charge in [0.2, 0.25) is 0 Å². The Morgan fingerprint density at radius 2 is 2.11 bits per heavy atom. The zero-order valence-electron chi connectivity index (χ0n) is 12.0. The van der Waals surface area contributed by atoms with Gasteiger partial charge in [0.05, 0.1) is 0 Å². The van der Waals surface area contributed by atoms with Crippen LogP contribution in [0.25, 0.3) is 0 Å². The minimum Gasteiger partial charge on any atom is -0.366 e. The Morgan fingerprint density at radius 1 is 1.33 bits per heavy atom. The Bertz CT molecular complexity index is 403. The molecule has 1 atom stereocenters. The fourth-order valence-corrected chi connectivity index (χ4v) is 2.82. The van der Waals surface area contributed by atoms with Gasteiger partial charge >= 0.3 is 0 Å². The first-order valence-corrected chi connectivity index (χ1v) is 6.81. The van der Waals surface area contributed by atoms with Crippen LogP contribution in [0.1, 0.15) is 18.1 Å². The van der Waals surface area contributed by atoms with E-state index >= 15 is 0 Å². The van der Waals surface area contributed by atoms with Gasteiger partial charge in [-0.05, 0) is 39.6 Å². The molecular weight excluding hydrogens is 222 g/mol. The van der Waals surface area contributed by atoms with Crippen molar-refractivity contribution < 1.29 is 0 Å². The lowest BCUT2D eigenvalue weighted by Crippen LogP contribution is -2.50. The van der Waals surface area contributed by atoms with E-state index in [9.17, 15) is 0 Å². The predicted molar refractivity (Wildman–Crippen MR) is 78.2 cm³/mol. The smallest absolute Gasteiger partial charge is 0.0415 e. The van der Waals surface area contributed by atoms with E-state index < -0.39 is 0 Å². The summed E-state index contributed by atoms with van der Waals surface area (Å²) in [5.74, 6) is 0. The zero-order valence-corrected chi connectivity index (χ0v) is 12.0. The van der Waals surface area contributed by atoms with Crippen molar-refractivity contribution in [3.8, 4) is 0 Å². The molecule has 0 amide bonds. The second-order valence-corrected chi connectivity index (χ2v) is 5.47. The van der Waals surface area contributed by atoms with Crippen molar-refractivity contribution in [1.82, 2.24) is 10.2 Å². The Morgan fingerprint density at radius 3 is 2.78 bits per heavy atom. The van der Waals surface area contributed by atoms with Crippen molar-refractivity contribution in [3.05, 3.63) is 29.3 Å². The third kappa shape index (κ3) is 2.85.